The van der Waals surface area contributed by atoms with E-state index in [-0.39, 0.29) is 18.8 Å². The zero-order valence-electron chi connectivity index (χ0n) is 20.0. The highest BCUT2D eigenvalue weighted by Crippen LogP contribution is 2.37. The summed E-state index contributed by atoms with van der Waals surface area (Å²) in [5, 5.41) is 23.5. The number of hydrogen-bond acceptors (Lipinski definition) is 6. The van der Waals surface area contributed by atoms with Gasteiger partial charge < -0.3 is 24.8 Å². The fourth-order valence-electron chi connectivity index (χ4n) is 4.45. The van der Waals surface area contributed by atoms with Crippen LogP contribution in [-0.4, -0.2) is 63.2 Å². The average molecular weight is 466 g/mol. The number of rotatable bonds is 12. The van der Waals surface area contributed by atoms with E-state index in [2.05, 4.69) is 41.4 Å². The van der Waals surface area contributed by atoms with Crippen molar-refractivity contribution in [1.29, 1.82) is 5.26 Å². The predicted molar refractivity (Wildman–Crippen MR) is 135 cm³/mol. The van der Waals surface area contributed by atoms with Crippen LogP contribution in [0.5, 0.6) is 0 Å². The minimum absolute atomic E-state index is 0.0187. The average Bonchev–Trinajstić information content (AvgIpc) is 2.88. The van der Waals surface area contributed by atoms with Crippen LogP contribution in [0.2, 0.25) is 0 Å². The maximum Gasteiger partial charge on any atom is 0.262 e. The van der Waals surface area contributed by atoms with Gasteiger partial charge in [0.1, 0.15) is 11.6 Å². The van der Waals surface area contributed by atoms with Gasteiger partial charge in [-0.05, 0) is 42.7 Å². The summed E-state index contributed by atoms with van der Waals surface area (Å²) < 4.78 is 10.5. The molecule has 0 saturated carbocycles. The summed E-state index contributed by atoms with van der Waals surface area (Å²) in [4.78, 5) is 15.2. The highest BCUT2D eigenvalue weighted by atomic mass is 16.5. The summed E-state index contributed by atoms with van der Waals surface area (Å²) in [6.45, 7) is 4.84. The summed E-state index contributed by atoms with van der Waals surface area (Å²) >= 11 is 0. The number of hydrogen-bond donors (Lipinski definition) is 2. The molecule has 1 atom stereocenters. The number of nitriles is 1. The van der Waals surface area contributed by atoms with E-state index in [0.717, 1.165) is 47.8 Å². The van der Waals surface area contributed by atoms with E-state index in [1.165, 1.54) is 6.42 Å². The monoisotopic (exact) mass is 465 g/mol. The maximum absolute atomic E-state index is 12.7. The topological polar surface area (TPSA) is 94.8 Å². The Balaban J connectivity index is 1.77. The molecule has 34 heavy (non-hydrogen) atoms. The van der Waals surface area contributed by atoms with E-state index in [9.17, 15) is 10.1 Å². The molecule has 0 bridgehead atoms. The second-order valence-electron chi connectivity index (χ2n) is 8.35. The molecule has 3 rings (SSSR count). The molecular formula is C27H35N3O4. The van der Waals surface area contributed by atoms with Gasteiger partial charge in [-0.1, -0.05) is 43.3 Å². The predicted octanol–water partition coefficient (Wildman–Crippen LogP) is 3.66. The first-order chi connectivity index (χ1) is 16.7. The van der Waals surface area contributed by atoms with E-state index in [1.54, 1.807) is 6.08 Å². The molecule has 0 spiro atoms. The molecule has 0 aliphatic carbocycles. The number of benzene rings is 2. The molecular weight excluding hydrogens is 430 g/mol. The van der Waals surface area contributed by atoms with Gasteiger partial charge in [-0.3, -0.25) is 4.79 Å². The van der Waals surface area contributed by atoms with Crippen molar-refractivity contribution in [1.82, 2.24) is 5.32 Å². The number of nitrogens with one attached hydrogen (secondary N) is 1. The summed E-state index contributed by atoms with van der Waals surface area (Å²) in [6.07, 6.45) is 6.29. The SMILES string of the molecule is CCC1CCCCN1c1c(/C=C(\C#N)C(=O)NCCOCCOCCO)ccc2ccccc12. The molecule has 2 aromatic rings. The number of ether oxygens (including phenoxy) is 2. The lowest BCUT2D eigenvalue weighted by Crippen LogP contribution is -2.39. The summed E-state index contributed by atoms with van der Waals surface area (Å²) in [5.74, 6) is -0.410. The van der Waals surface area contributed by atoms with Crippen molar-refractivity contribution in [3.8, 4) is 6.07 Å². The lowest BCUT2D eigenvalue weighted by Gasteiger charge is -2.39. The second kappa shape index (κ2) is 13.7. The molecule has 1 saturated heterocycles. The number of carbonyl (C=O) groups is 1. The smallest absolute Gasteiger partial charge is 0.262 e. The Labute approximate surface area is 202 Å². The largest absolute Gasteiger partial charge is 0.394 e. The first kappa shape index (κ1) is 25.7. The number of anilines is 1. The minimum Gasteiger partial charge on any atom is -0.394 e. The molecule has 1 heterocycles. The molecule has 0 radical (unpaired) electrons. The molecule has 2 aromatic carbocycles. The van der Waals surface area contributed by atoms with E-state index < -0.39 is 5.91 Å². The number of piperidine rings is 1. The van der Waals surface area contributed by atoms with Crippen molar-refractivity contribution in [2.24, 2.45) is 0 Å². The molecule has 1 fully saturated rings. The highest BCUT2D eigenvalue weighted by Gasteiger charge is 2.24. The van der Waals surface area contributed by atoms with Gasteiger partial charge in [0, 0.05) is 24.5 Å². The van der Waals surface area contributed by atoms with Crippen LogP contribution in [-0.2, 0) is 14.3 Å². The molecule has 1 aliphatic rings. The maximum atomic E-state index is 12.7. The third-order valence-electron chi connectivity index (χ3n) is 6.12. The molecule has 1 aliphatic heterocycles. The number of amides is 1. The van der Waals surface area contributed by atoms with Crippen molar-refractivity contribution < 1.29 is 19.4 Å². The first-order valence-corrected chi connectivity index (χ1v) is 12.1. The van der Waals surface area contributed by atoms with Crippen LogP contribution in [0.1, 0.15) is 38.2 Å². The molecule has 7 nitrogen and oxygen atoms in total. The van der Waals surface area contributed by atoms with Crippen molar-refractivity contribution in [2.45, 2.75) is 38.6 Å². The Morgan fingerprint density at radius 1 is 1.18 bits per heavy atom. The third kappa shape index (κ3) is 6.80. The molecule has 1 unspecified atom stereocenters. The van der Waals surface area contributed by atoms with Gasteiger partial charge in [-0.2, -0.15) is 5.26 Å². The minimum atomic E-state index is -0.410. The Hall–Kier alpha value is -2.92. The summed E-state index contributed by atoms with van der Waals surface area (Å²) in [5.41, 5.74) is 2.08. The van der Waals surface area contributed by atoms with Crippen LogP contribution in [0.4, 0.5) is 5.69 Å². The quantitative estimate of drug-likeness (QED) is 0.282. The highest BCUT2D eigenvalue weighted by molar-refractivity contribution is 6.05. The van der Waals surface area contributed by atoms with E-state index in [1.807, 2.05) is 18.2 Å². The Bertz CT molecular complexity index is 1010. The van der Waals surface area contributed by atoms with E-state index in [4.69, 9.17) is 14.6 Å². The lowest BCUT2D eigenvalue weighted by molar-refractivity contribution is -0.117. The molecule has 2 N–H and O–H groups in total. The zero-order valence-corrected chi connectivity index (χ0v) is 20.0. The van der Waals surface area contributed by atoms with Crippen LogP contribution in [0.25, 0.3) is 16.8 Å². The van der Waals surface area contributed by atoms with E-state index >= 15 is 0 Å². The first-order valence-electron chi connectivity index (χ1n) is 12.1. The van der Waals surface area contributed by atoms with Crippen LogP contribution < -0.4 is 10.2 Å². The number of nitrogens with zero attached hydrogens (tertiary/aromatic N) is 2. The number of aliphatic hydroxyl groups excluding tert-OH is 1. The molecule has 7 heteroatoms. The van der Waals surface area contributed by atoms with Gasteiger partial charge in [-0.15, -0.1) is 0 Å². The fourth-order valence-corrected chi connectivity index (χ4v) is 4.45. The van der Waals surface area contributed by atoms with Crippen LogP contribution >= 0.6 is 0 Å². The van der Waals surface area contributed by atoms with Crippen molar-refractivity contribution in [3.63, 3.8) is 0 Å². The molecule has 1 amide bonds. The van der Waals surface area contributed by atoms with Crippen LogP contribution in [0, 0.1) is 11.3 Å². The Morgan fingerprint density at radius 2 is 1.97 bits per heavy atom. The van der Waals surface area contributed by atoms with Crippen molar-refractivity contribution in [2.75, 3.05) is 51.0 Å². The van der Waals surface area contributed by atoms with Gasteiger partial charge in [0.15, 0.2) is 0 Å². The van der Waals surface area contributed by atoms with Crippen molar-refractivity contribution in [3.05, 3.63) is 47.5 Å². The second-order valence-corrected chi connectivity index (χ2v) is 8.35. The Kier molecular flexibility index (Phi) is 10.4. The summed E-state index contributed by atoms with van der Waals surface area (Å²) in [7, 11) is 0. The third-order valence-corrected chi connectivity index (χ3v) is 6.12. The number of aliphatic hydroxyl groups is 1. The number of fused-ring (bicyclic) bond motifs is 1. The standard InChI is InChI=1S/C27H35N3O4/c1-2-24-8-5-6-13-30(24)26-22(11-10-21-7-3-4-9-25(21)26)19-23(20-28)27(32)29-12-15-33-17-18-34-16-14-31/h3-4,7,9-11,19,24,31H,2,5-6,8,12-18H2,1H3,(H,29,32)/b23-19+. The van der Waals surface area contributed by atoms with Gasteiger partial charge in [-0.25, -0.2) is 0 Å². The Morgan fingerprint density at radius 3 is 2.74 bits per heavy atom. The number of carbonyl (C=O) groups excluding carboxylic acids is 1. The van der Waals surface area contributed by atoms with Gasteiger partial charge in [0.05, 0.1) is 38.7 Å². The molecule has 0 aromatic heterocycles. The van der Waals surface area contributed by atoms with Gasteiger partial charge >= 0.3 is 0 Å². The van der Waals surface area contributed by atoms with Crippen LogP contribution in [0.3, 0.4) is 0 Å². The molecule has 182 valence electrons. The van der Waals surface area contributed by atoms with Crippen molar-refractivity contribution >= 4 is 28.4 Å². The lowest BCUT2D eigenvalue weighted by atomic mass is 9.94. The zero-order chi connectivity index (χ0) is 24.2. The van der Waals surface area contributed by atoms with Crippen LogP contribution in [0.15, 0.2) is 42.0 Å². The summed E-state index contributed by atoms with van der Waals surface area (Å²) in [6, 6.07) is 14.9. The van der Waals surface area contributed by atoms with E-state index in [0.29, 0.717) is 32.4 Å². The van der Waals surface area contributed by atoms with Gasteiger partial charge in [0.2, 0.25) is 0 Å². The normalized spacial score (nSPS) is 16.4. The van der Waals surface area contributed by atoms with Gasteiger partial charge in [0.25, 0.3) is 5.91 Å². The fraction of sp³-hybridized carbons (Fsp3) is 0.481.